The molecule has 0 atom stereocenters. The third kappa shape index (κ3) is 1.53. The van der Waals surface area contributed by atoms with Crippen LogP contribution < -0.4 is 0 Å². The summed E-state index contributed by atoms with van der Waals surface area (Å²) < 4.78 is 0. The molecule has 0 amide bonds. The molecule has 2 aromatic carbocycles. The summed E-state index contributed by atoms with van der Waals surface area (Å²) >= 11 is 6.03. The Morgan fingerprint density at radius 1 is 1.15 bits per heavy atom. The first kappa shape index (κ1) is 8.54. The van der Waals surface area contributed by atoms with E-state index in [9.17, 15) is 0 Å². The fraction of sp³-hybridized carbons (Fsp3) is 0.0909. The van der Waals surface area contributed by atoms with Gasteiger partial charge in [-0.25, -0.2) is 0 Å². The van der Waals surface area contributed by atoms with Crippen molar-refractivity contribution in [3.05, 3.63) is 47.0 Å². The molecule has 0 bridgehead atoms. The maximum atomic E-state index is 8.96. The molecule has 0 aromatic heterocycles. The molecule has 2 heteroatoms. The summed E-state index contributed by atoms with van der Waals surface area (Å²) in [4.78, 5) is 0. The van der Waals surface area contributed by atoms with Crippen molar-refractivity contribution < 1.29 is 5.11 Å². The van der Waals surface area contributed by atoms with Gasteiger partial charge in [-0.2, -0.15) is 0 Å². The van der Waals surface area contributed by atoms with E-state index in [0.29, 0.717) is 5.02 Å². The van der Waals surface area contributed by atoms with Gasteiger partial charge in [-0.15, -0.1) is 0 Å². The van der Waals surface area contributed by atoms with Crippen molar-refractivity contribution in [2.24, 2.45) is 0 Å². The number of aliphatic hydroxyl groups is 1. The molecule has 0 aliphatic heterocycles. The Kier molecular flexibility index (Phi) is 2.21. The third-order valence-corrected chi connectivity index (χ3v) is 2.37. The van der Waals surface area contributed by atoms with Gasteiger partial charge in [-0.3, -0.25) is 0 Å². The Morgan fingerprint density at radius 3 is 2.69 bits per heavy atom. The van der Waals surface area contributed by atoms with Gasteiger partial charge in [0.25, 0.3) is 0 Å². The second kappa shape index (κ2) is 3.36. The molecule has 0 unspecified atom stereocenters. The molecule has 1 N–H and O–H groups in total. The number of hydrogen-bond donors (Lipinski definition) is 1. The lowest BCUT2D eigenvalue weighted by Crippen LogP contribution is -1.83. The Labute approximate surface area is 81.6 Å². The van der Waals surface area contributed by atoms with Gasteiger partial charge in [0, 0.05) is 10.4 Å². The normalized spacial score (nSPS) is 10.6. The maximum Gasteiger partial charge on any atom is 0.0682 e. The van der Waals surface area contributed by atoms with Crippen LogP contribution in [0, 0.1) is 0 Å². The van der Waals surface area contributed by atoms with Gasteiger partial charge in [0.15, 0.2) is 0 Å². The molecule has 0 aliphatic carbocycles. The molecule has 2 rings (SSSR count). The minimum absolute atomic E-state index is 0.0323. The van der Waals surface area contributed by atoms with Crippen LogP contribution in [0.4, 0.5) is 0 Å². The highest BCUT2D eigenvalue weighted by molar-refractivity contribution is 6.35. The monoisotopic (exact) mass is 192 g/mol. The first-order chi connectivity index (χ1) is 6.31. The van der Waals surface area contributed by atoms with Crippen molar-refractivity contribution in [2.45, 2.75) is 6.61 Å². The summed E-state index contributed by atoms with van der Waals surface area (Å²) in [6.07, 6.45) is 0. The highest BCUT2D eigenvalue weighted by Crippen LogP contribution is 2.24. The molecular formula is C11H9ClO. The fourth-order valence-electron chi connectivity index (χ4n) is 1.41. The number of fused-ring (bicyclic) bond motifs is 1. The summed E-state index contributed by atoms with van der Waals surface area (Å²) in [5, 5.41) is 11.8. The van der Waals surface area contributed by atoms with Crippen LogP contribution in [0.3, 0.4) is 0 Å². The van der Waals surface area contributed by atoms with Gasteiger partial charge >= 0.3 is 0 Å². The number of benzene rings is 2. The van der Waals surface area contributed by atoms with Gasteiger partial charge in [0.05, 0.1) is 6.61 Å². The maximum absolute atomic E-state index is 8.96. The lowest BCUT2D eigenvalue weighted by atomic mass is 10.1. The van der Waals surface area contributed by atoms with Crippen molar-refractivity contribution in [3.63, 3.8) is 0 Å². The van der Waals surface area contributed by atoms with E-state index >= 15 is 0 Å². The molecule has 1 nitrogen and oxygen atoms in total. The van der Waals surface area contributed by atoms with E-state index in [1.54, 1.807) is 6.07 Å². The average molecular weight is 193 g/mol. The van der Waals surface area contributed by atoms with E-state index in [-0.39, 0.29) is 6.61 Å². The van der Waals surface area contributed by atoms with Gasteiger partial charge in [0.2, 0.25) is 0 Å². The first-order valence-corrected chi connectivity index (χ1v) is 4.47. The van der Waals surface area contributed by atoms with Gasteiger partial charge in [-0.05, 0) is 23.1 Å². The van der Waals surface area contributed by atoms with Crippen LogP contribution in [-0.4, -0.2) is 5.11 Å². The van der Waals surface area contributed by atoms with Gasteiger partial charge in [-0.1, -0.05) is 35.9 Å². The Bertz CT molecular complexity index is 437. The zero-order valence-corrected chi connectivity index (χ0v) is 7.75. The van der Waals surface area contributed by atoms with Crippen molar-refractivity contribution in [3.8, 4) is 0 Å². The zero-order chi connectivity index (χ0) is 9.26. The third-order valence-electron chi connectivity index (χ3n) is 2.05. The number of halogens is 1. The predicted molar refractivity (Wildman–Crippen MR) is 54.9 cm³/mol. The molecule has 0 fully saturated rings. The quantitative estimate of drug-likeness (QED) is 0.737. The summed E-state index contributed by atoms with van der Waals surface area (Å²) in [5.74, 6) is 0. The highest BCUT2D eigenvalue weighted by atomic mass is 35.5. The van der Waals surface area contributed by atoms with Crippen LogP contribution in [0.2, 0.25) is 5.02 Å². The fourth-order valence-corrected chi connectivity index (χ4v) is 1.73. The van der Waals surface area contributed by atoms with E-state index in [4.69, 9.17) is 16.7 Å². The number of aliphatic hydroxyl groups excluding tert-OH is 1. The predicted octanol–water partition coefficient (Wildman–Crippen LogP) is 2.99. The van der Waals surface area contributed by atoms with Gasteiger partial charge in [0.1, 0.15) is 0 Å². The number of hydrogen-bond acceptors (Lipinski definition) is 1. The molecule has 0 saturated carbocycles. The standard InChI is InChI=1S/C11H9ClO/c12-11-6-8(7-13)5-9-3-1-2-4-10(9)11/h1-6,13H,7H2. The van der Waals surface area contributed by atoms with E-state index in [1.165, 1.54) is 0 Å². The van der Waals surface area contributed by atoms with E-state index in [0.717, 1.165) is 16.3 Å². The van der Waals surface area contributed by atoms with Crippen LogP contribution in [0.25, 0.3) is 10.8 Å². The molecular weight excluding hydrogens is 184 g/mol. The van der Waals surface area contributed by atoms with Crippen LogP contribution in [0.5, 0.6) is 0 Å². The van der Waals surface area contributed by atoms with Crippen molar-refractivity contribution in [1.29, 1.82) is 0 Å². The average Bonchev–Trinajstić information content (AvgIpc) is 2.18. The summed E-state index contributed by atoms with van der Waals surface area (Å²) in [7, 11) is 0. The lowest BCUT2D eigenvalue weighted by Gasteiger charge is -2.02. The van der Waals surface area contributed by atoms with Crippen LogP contribution >= 0.6 is 11.6 Å². The summed E-state index contributed by atoms with van der Waals surface area (Å²) in [6.45, 7) is 0.0323. The SMILES string of the molecule is OCc1cc(Cl)c2ccccc2c1. The Morgan fingerprint density at radius 2 is 1.92 bits per heavy atom. The van der Waals surface area contributed by atoms with Crippen LogP contribution in [0.15, 0.2) is 36.4 Å². The Balaban J connectivity index is 2.77. The first-order valence-electron chi connectivity index (χ1n) is 4.09. The second-order valence-corrected chi connectivity index (χ2v) is 3.36. The lowest BCUT2D eigenvalue weighted by molar-refractivity contribution is 0.282. The molecule has 0 radical (unpaired) electrons. The largest absolute Gasteiger partial charge is 0.392 e. The summed E-state index contributed by atoms with van der Waals surface area (Å²) in [6, 6.07) is 11.6. The van der Waals surface area contributed by atoms with E-state index < -0.39 is 0 Å². The van der Waals surface area contributed by atoms with E-state index in [2.05, 4.69) is 0 Å². The molecule has 0 aliphatic rings. The van der Waals surface area contributed by atoms with Crippen molar-refractivity contribution in [2.75, 3.05) is 0 Å². The minimum atomic E-state index is 0.0323. The zero-order valence-electron chi connectivity index (χ0n) is 7.00. The minimum Gasteiger partial charge on any atom is -0.392 e. The molecule has 13 heavy (non-hydrogen) atoms. The molecule has 0 heterocycles. The smallest absolute Gasteiger partial charge is 0.0682 e. The number of rotatable bonds is 1. The van der Waals surface area contributed by atoms with Crippen molar-refractivity contribution >= 4 is 22.4 Å². The molecule has 2 aromatic rings. The summed E-state index contributed by atoms with van der Waals surface area (Å²) in [5.41, 5.74) is 0.851. The molecule has 0 saturated heterocycles. The molecule has 0 spiro atoms. The topological polar surface area (TPSA) is 20.2 Å². The highest BCUT2D eigenvalue weighted by Gasteiger charge is 2.00. The second-order valence-electron chi connectivity index (χ2n) is 2.96. The van der Waals surface area contributed by atoms with E-state index in [1.807, 2.05) is 30.3 Å². The molecule has 66 valence electrons. The van der Waals surface area contributed by atoms with Crippen LogP contribution in [0.1, 0.15) is 5.56 Å². The Hall–Kier alpha value is -1.05. The van der Waals surface area contributed by atoms with Crippen LogP contribution in [-0.2, 0) is 6.61 Å². The van der Waals surface area contributed by atoms with Gasteiger partial charge < -0.3 is 5.11 Å². The van der Waals surface area contributed by atoms with Crippen molar-refractivity contribution in [1.82, 2.24) is 0 Å².